The molecule has 3 N–H and O–H groups in total. The number of hydrogen-bond acceptors (Lipinski definition) is 2. The number of guanidine groups is 1. The Morgan fingerprint density at radius 1 is 1.23 bits per heavy atom. The van der Waals surface area contributed by atoms with Crippen molar-refractivity contribution in [3.8, 4) is 0 Å². The van der Waals surface area contributed by atoms with Crippen molar-refractivity contribution in [3.63, 3.8) is 0 Å². The standard InChI is InChI=1S/C20H31N5O/c1-15(2)23-19(26)24-17-7-5-16(6-8-17)13-22-18(21-3)25-12-11-20(14-25)9-4-10-20/h5-8,15H,4,9-14H2,1-3H3,(H,21,22)(H2,23,24,26). The zero-order valence-electron chi connectivity index (χ0n) is 16.1. The Kier molecular flexibility index (Phi) is 5.69. The predicted octanol–water partition coefficient (Wildman–Crippen LogP) is 3.17. The Morgan fingerprint density at radius 2 is 1.96 bits per heavy atom. The zero-order valence-corrected chi connectivity index (χ0v) is 16.1. The van der Waals surface area contributed by atoms with Crippen molar-refractivity contribution in [1.82, 2.24) is 15.5 Å². The summed E-state index contributed by atoms with van der Waals surface area (Å²) in [4.78, 5) is 18.6. The van der Waals surface area contributed by atoms with Gasteiger partial charge in [0.25, 0.3) is 0 Å². The smallest absolute Gasteiger partial charge is 0.319 e. The number of likely N-dealkylation sites (tertiary alicyclic amines) is 1. The summed E-state index contributed by atoms with van der Waals surface area (Å²) in [6.45, 7) is 6.85. The summed E-state index contributed by atoms with van der Waals surface area (Å²) in [6.07, 6.45) is 5.43. The van der Waals surface area contributed by atoms with E-state index in [-0.39, 0.29) is 12.1 Å². The van der Waals surface area contributed by atoms with Gasteiger partial charge in [0.1, 0.15) is 0 Å². The quantitative estimate of drug-likeness (QED) is 0.573. The van der Waals surface area contributed by atoms with Gasteiger partial charge in [-0.05, 0) is 56.2 Å². The van der Waals surface area contributed by atoms with E-state index in [1.54, 1.807) is 0 Å². The molecule has 2 aliphatic rings. The lowest BCUT2D eigenvalue weighted by Gasteiger charge is -2.38. The first kappa shape index (κ1) is 18.5. The number of benzene rings is 1. The summed E-state index contributed by atoms with van der Waals surface area (Å²) in [7, 11) is 1.86. The molecular weight excluding hydrogens is 326 g/mol. The van der Waals surface area contributed by atoms with Crippen LogP contribution in [0.15, 0.2) is 29.3 Å². The Labute approximate surface area is 156 Å². The van der Waals surface area contributed by atoms with Crippen molar-refractivity contribution < 1.29 is 4.79 Å². The maximum absolute atomic E-state index is 11.7. The number of anilines is 1. The topological polar surface area (TPSA) is 68.8 Å². The zero-order chi connectivity index (χ0) is 18.6. The van der Waals surface area contributed by atoms with Crippen molar-refractivity contribution in [1.29, 1.82) is 0 Å². The highest BCUT2D eigenvalue weighted by Gasteiger charge is 2.43. The third-order valence-corrected chi connectivity index (χ3v) is 5.45. The highest BCUT2D eigenvalue weighted by molar-refractivity contribution is 5.89. The van der Waals surface area contributed by atoms with Gasteiger partial charge in [-0.15, -0.1) is 0 Å². The number of amides is 2. The van der Waals surface area contributed by atoms with Gasteiger partial charge >= 0.3 is 6.03 Å². The van der Waals surface area contributed by atoms with E-state index in [9.17, 15) is 4.79 Å². The van der Waals surface area contributed by atoms with Gasteiger partial charge in [-0.2, -0.15) is 0 Å². The summed E-state index contributed by atoms with van der Waals surface area (Å²) < 4.78 is 0. The van der Waals surface area contributed by atoms with Gasteiger partial charge < -0.3 is 20.9 Å². The number of carbonyl (C=O) groups excluding carboxylic acids is 1. The molecule has 0 unspecified atom stereocenters. The average Bonchev–Trinajstić information content (AvgIpc) is 3.02. The Hall–Kier alpha value is -2.24. The molecule has 26 heavy (non-hydrogen) atoms. The Bertz CT molecular complexity index is 649. The maximum Gasteiger partial charge on any atom is 0.319 e. The van der Waals surface area contributed by atoms with Gasteiger partial charge in [0.05, 0.1) is 0 Å². The number of carbonyl (C=O) groups is 1. The van der Waals surface area contributed by atoms with Crippen molar-refractivity contribution in [3.05, 3.63) is 29.8 Å². The molecule has 0 bridgehead atoms. The number of hydrogen-bond donors (Lipinski definition) is 3. The van der Waals surface area contributed by atoms with Crippen molar-refractivity contribution in [2.45, 2.75) is 52.1 Å². The van der Waals surface area contributed by atoms with E-state index in [4.69, 9.17) is 0 Å². The lowest BCUT2D eigenvalue weighted by Crippen LogP contribution is -2.42. The van der Waals surface area contributed by atoms with Crippen LogP contribution in [0, 0.1) is 5.41 Å². The van der Waals surface area contributed by atoms with E-state index in [1.165, 1.54) is 31.2 Å². The minimum Gasteiger partial charge on any atom is -0.352 e. The summed E-state index contributed by atoms with van der Waals surface area (Å²) in [5.74, 6) is 0.993. The Morgan fingerprint density at radius 3 is 2.50 bits per heavy atom. The van der Waals surface area contributed by atoms with E-state index in [0.717, 1.165) is 31.3 Å². The van der Waals surface area contributed by atoms with Crippen LogP contribution >= 0.6 is 0 Å². The molecule has 2 fully saturated rings. The molecule has 2 amide bonds. The number of aliphatic imine (C=N–C) groups is 1. The molecule has 142 valence electrons. The number of nitrogens with one attached hydrogen (secondary N) is 3. The lowest BCUT2D eigenvalue weighted by molar-refractivity contribution is 0.151. The fourth-order valence-corrected chi connectivity index (χ4v) is 3.85. The molecular formula is C20H31N5O. The molecule has 1 spiro atoms. The van der Waals surface area contributed by atoms with Gasteiger partial charge in [0, 0.05) is 38.4 Å². The molecule has 1 aliphatic heterocycles. The summed E-state index contributed by atoms with van der Waals surface area (Å²) >= 11 is 0. The molecule has 1 saturated carbocycles. The fourth-order valence-electron chi connectivity index (χ4n) is 3.85. The van der Waals surface area contributed by atoms with Gasteiger partial charge in [-0.1, -0.05) is 18.6 Å². The average molecular weight is 358 g/mol. The van der Waals surface area contributed by atoms with Gasteiger partial charge in [-0.3, -0.25) is 4.99 Å². The largest absolute Gasteiger partial charge is 0.352 e. The minimum absolute atomic E-state index is 0.120. The summed E-state index contributed by atoms with van der Waals surface area (Å²) in [6, 6.07) is 7.86. The molecule has 0 radical (unpaired) electrons. The van der Waals surface area contributed by atoms with Gasteiger partial charge in [0.2, 0.25) is 0 Å². The Balaban J connectivity index is 1.48. The fraction of sp³-hybridized carbons (Fsp3) is 0.600. The molecule has 1 aromatic carbocycles. The highest BCUT2D eigenvalue weighted by atomic mass is 16.2. The maximum atomic E-state index is 11.7. The van der Waals surface area contributed by atoms with Crippen LogP contribution in [-0.2, 0) is 6.54 Å². The second kappa shape index (κ2) is 7.98. The molecule has 1 aliphatic carbocycles. The van der Waals surface area contributed by atoms with E-state index in [2.05, 4.69) is 25.8 Å². The third kappa shape index (κ3) is 4.48. The number of nitrogens with zero attached hydrogens (tertiary/aromatic N) is 2. The highest BCUT2D eigenvalue weighted by Crippen LogP contribution is 2.47. The summed E-state index contributed by atoms with van der Waals surface area (Å²) in [5, 5.41) is 9.13. The van der Waals surface area contributed by atoms with Crippen LogP contribution in [0.3, 0.4) is 0 Å². The number of urea groups is 1. The van der Waals surface area contributed by atoms with Crippen LogP contribution in [0.1, 0.15) is 45.1 Å². The van der Waals surface area contributed by atoms with Crippen LogP contribution in [0.2, 0.25) is 0 Å². The predicted molar refractivity (Wildman–Crippen MR) is 106 cm³/mol. The van der Waals surface area contributed by atoms with E-state index in [0.29, 0.717) is 5.41 Å². The minimum atomic E-state index is -0.176. The molecule has 3 rings (SSSR count). The van der Waals surface area contributed by atoms with Gasteiger partial charge in [-0.25, -0.2) is 4.79 Å². The van der Waals surface area contributed by atoms with Crippen LogP contribution in [0.4, 0.5) is 10.5 Å². The van der Waals surface area contributed by atoms with Crippen LogP contribution in [-0.4, -0.2) is 43.1 Å². The van der Waals surface area contributed by atoms with Crippen LogP contribution < -0.4 is 16.0 Å². The van der Waals surface area contributed by atoms with Crippen LogP contribution in [0.25, 0.3) is 0 Å². The normalized spacial score (nSPS) is 18.8. The molecule has 1 saturated heterocycles. The van der Waals surface area contributed by atoms with Gasteiger partial charge in [0.15, 0.2) is 5.96 Å². The van der Waals surface area contributed by atoms with Crippen LogP contribution in [0.5, 0.6) is 0 Å². The molecule has 6 nitrogen and oxygen atoms in total. The summed E-state index contributed by atoms with van der Waals surface area (Å²) in [5.41, 5.74) is 2.53. The molecule has 1 aromatic rings. The SMILES string of the molecule is CN=C(NCc1ccc(NC(=O)NC(C)C)cc1)N1CCC2(CCC2)C1. The molecule has 6 heteroatoms. The first-order chi connectivity index (χ1) is 12.5. The number of rotatable bonds is 4. The molecule has 0 aromatic heterocycles. The second-order valence-corrected chi connectivity index (χ2v) is 7.88. The molecule has 0 atom stereocenters. The first-order valence-corrected chi connectivity index (χ1v) is 9.62. The lowest BCUT2D eigenvalue weighted by atomic mass is 9.68. The monoisotopic (exact) mass is 357 g/mol. The molecule has 1 heterocycles. The van der Waals surface area contributed by atoms with Crippen molar-refractivity contribution in [2.24, 2.45) is 10.4 Å². The van der Waals surface area contributed by atoms with E-state index < -0.39 is 0 Å². The van der Waals surface area contributed by atoms with E-state index >= 15 is 0 Å². The third-order valence-electron chi connectivity index (χ3n) is 5.45. The second-order valence-electron chi connectivity index (χ2n) is 7.88. The van der Waals surface area contributed by atoms with Crippen molar-refractivity contribution in [2.75, 3.05) is 25.5 Å². The first-order valence-electron chi connectivity index (χ1n) is 9.62. The van der Waals surface area contributed by atoms with Crippen molar-refractivity contribution >= 4 is 17.7 Å². The van der Waals surface area contributed by atoms with E-state index in [1.807, 2.05) is 45.2 Å².